The normalized spacial score (nSPS) is 21.7. The molecular weight excluding hydrogens is 417 g/mol. The van der Waals surface area contributed by atoms with Gasteiger partial charge in [-0.25, -0.2) is 12.8 Å². The second kappa shape index (κ2) is 9.65. The molecule has 2 aliphatic heterocycles. The number of rotatable bonds is 7. The average molecular weight is 448 g/mol. The maximum absolute atomic E-state index is 13.1. The second-order valence-electron chi connectivity index (χ2n) is 8.00. The third kappa shape index (κ3) is 4.92. The van der Waals surface area contributed by atoms with Crippen LogP contribution in [-0.4, -0.2) is 70.0 Å². The number of halogens is 1. The second-order valence-corrected chi connectivity index (χ2v) is 9.91. The lowest BCUT2D eigenvalue weighted by Gasteiger charge is -2.37. The van der Waals surface area contributed by atoms with E-state index in [2.05, 4.69) is 9.80 Å². The van der Waals surface area contributed by atoms with Gasteiger partial charge in [0.05, 0.1) is 11.0 Å². The first-order valence-corrected chi connectivity index (χ1v) is 12.4. The quantitative estimate of drug-likeness (QED) is 0.653. The fraction of sp³-hybridized carbons (Fsp3) is 0.478. The summed E-state index contributed by atoms with van der Waals surface area (Å²) in [5, 5.41) is 0. The summed E-state index contributed by atoms with van der Waals surface area (Å²) in [7, 11) is -3.49. The topological polar surface area (TPSA) is 53.1 Å². The Labute approximate surface area is 184 Å². The molecule has 6 nitrogen and oxygen atoms in total. The monoisotopic (exact) mass is 447 g/mol. The minimum Gasteiger partial charge on any atom is -0.372 e. The average Bonchev–Trinajstić information content (AvgIpc) is 2.78. The fourth-order valence-corrected chi connectivity index (χ4v) is 6.14. The number of nitrogens with zero attached hydrogens (tertiary/aromatic N) is 3. The molecule has 2 aromatic carbocycles. The molecule has 0 aliphatic carbocycles. The van der Waals surface area contributed by atoms with Crippen molar-refractivity contribution in [1.82, 2.24) is 9.21 Å². The number of sulfonamides is 1. The van der Waals surface area contributed by atoms with E-state index in [0.717, 1.165) is 50.4 Å². The molecule has 1 saturated heterocycles. The molecule has 0 aromatic heterocycles. The summed E-state index contributed by atoms with van der Waals surface area (Å²) in [5.74, 6) is -0.218. The zero-order valence-corrected chi connectivity index (χ0v) is 18.7. The van der Waals surface area contributed by atoms with E-state index in [1.807, 2.05) is 31.2 Å². The van der Waals surface area contributed by atoms with Gasteiger partial charge in [0.15, 0.2) is 0 Å². The molecule has 1 unspecified atom stereocenters. The van der Waals surface area contributed by atoms with E-state index in [9.17, 15) is 12.8 Å². The van der Waals surface area contributed by atoms with Crippen molar-refractivity contribution in [1.29, 1.82) is 0 Å². The number of piperazine rings is 1. The van der Waals surface area contributed by atoms with Crippen molar-refractivity contribution in [3.8, 4) is 0 Å². The van der Waals surface area contributed by atoms with Crippen LogP contribution in [0.1, 0.15) is 25.0 Å². The maximum Gasteiger partial charge on any atom is 0.243 e. The van der Waals surface area contributed by atoms with Gasteiger partial charge < -0.3 is 9.64 Å². The predicted molar refractivity (Wildman–Crippen MR) is 119 cm³/mol. The van der Waals surface area contributed by atoms with Crippen LogP contribution in [0.3, 0.4) is 0 Å². The van der Waals surface area contributed by atoms with Crippen molar-refractivity contribution in [2.75, 3.05) is 57.3 Å². The van der Waals surface area contributed by atoms with Gasteiger partial charge in [0.2, 0.25) is 10.0 Å². The summed E-state index contributed by atoms with van der Waals surface area (Å²) in [4.78, 5) is 4.99. The van der Waals surface area contributed by atoms with Crippen molar-refractivity contribution in [2.24, 2.45) is 0 Å². The zero-order chi connectivity index (χ0) is 21.8. The molecule has 0 N–H and O–H groups in total. The zero-order valence-electron chi connectivity index (χ0n) is 17.9. The first-order valence-electron chi connectivity index (χ1n) is 10.9. The van der Waals surface area contributed by atoms with Crippen molar-refractivity contribution < 1.29 is 17.5 Å². The van der Waals surface area contributed by atoms with Crippen LogP contribution in [-0.2, 0) is 14.8 Å². The number of hydrogen-bond donors (Lipinski definition) is 0. The Kier molecular flexibility index (Phi) is 6.91. The van der Waals surface area contributed by atoms with E-state index in [-0.39, 0.29) is 11.9 Å². The molecule has 4 rings (SSSR count). The third-order valence-electron chi connectivity index (χ3n) is 6.07. The number of benzene rings is 2. The third-order valence-corrected chi connectivity index (χ3v) is 8.01. The van der Waals surface area contributed by atoms with Crippen molar-refractivity contribution in [2.45, 2.75) is 24.3 Å². The Balaban J connectivity index is 1.31. The van der Waals surface area contributed by atoms with Crippen LogP contribution in [0.2, 0.25) is 0 Å². The van der Waals surface area contributed by atoms with Gasteiger partial charge in [0, 0.05) is 57.1 Å². The van der Waals surface area contributed by atoms with Crippen LogP contribution in [0.25, 0.3) is 0 Å². The smallest absolute Gasteiger partial charge is 0.243 e. The number of hydrogen-bond acceptors (Lipinski definition) is 5. The molecule has 0 amide bonds. The van der Waals surface area contributed by atoms with Gasteiger partial charge in [-0.05, 0) is 50.2 Å². The Morgan fingerprint density at radius 2 is 1.71 bits per heavy atom. The molecule has 0 bridgehead atoms. The highest BCUT2D eigenvalue weighted by Gasteiger charge is 2.36. The first kappa shape index (κ1) is 22.2. The number of ether oxygens (including phenoxy) is 1. The summed E-state index contributed by atoms with van der Waals surface area (Å²) in [6.45, 7) is 7.77. The Morgan fingerprint density at radius 3 is 2.42 bits per heavy atom. The molecule has 0 radical (unpaired) electrons. The van der Waals surface area contributed by atoms with Gasteiger partial charge in [0.1, 0.15) is 5.82 Å². The van der Waals surface area contributed by atoms with Crippen LogP contribution >= 0.6 is 0 Å². The molecule has 168 valence electrons. The minimum atomic E-state index is -3.49. The van der Waals surface area contributed by atoms with Crippen LogP contribution < -0.4 is 4.90 Å². The van der Waals surface area contributed by atoms with Gasteiger partial charge in [-0.15, -0.1) is 0 Å². The van der Waals surface area contributed by atoms with Crippen molar-refractivity contribution in [3.05, 3.63) is 59.9 Å². The van der Waals surface area contributed by atoms with Crippen LogP contribution in [0.15, 0.2) is 53.4 Å². The minimum absolute atomic E-state index is 0.218. The summed E-state index contributed by atoms with van der Waals surface area (Å²) < 4.78 is 46.7. The highest BCUT2D eigenvalue weighted by atomic mass is 32.2. The molecule has 31 heavy (non-hydrogen) atoms. The van der Waals surface area contributed by atoms with Gasteiger partial charge >= 0.3 is 0 Å². The van der Waals surface area contributed by atoms with E-state index in [1.54, 1.807) is 16.4 Å². The molecular formula is C23H30FN3O3S. The van der Waals surface area contributed by atoms with E-state index in [0.29, 0.717) is 24.6 Å². The highest BCUT2D eigenvalue weighted by molar-refractivity contribution is 7.89. The number of anilines is 1. The van der Waals surface area contributed by atoms with Gasteiger partial charge in [-0.2, -0.15) is 4.31 Å². The predicted octanol–water partition coefficient (Wildman–Crippen LogP) is 3.12. The first-order chi connectivity index (χ1) is 15.0. The summed E-state index contributed by atoms with van der Waals surface area (Å²) in [5.41, 5.74) is 1.80. The lowest BCUT2D eigenvalue weighted by molar-refractivity contribution is 0.0423. The molecule has 1 atom stereocenters. The molecule has 2 aromatic rings. The van der Waals surface area contributed by atoms with E-state index in [4.69, 9.17) is 4.74 Å². The molecule has 2 heterocycles. The lowest BCUT2D eigenvalue weighted by Crippen LogP contribution is -2.47. The molecule has 8 heteroatoms. The standard InChI is InChI=1S/C23H30FN3O3S/c1-2-30-22-18-27(31(28,29)23-7-4-3-6-21(22)23)13-5-12-25-14-16-26(17-15-25)20-10-8-19(24)9-11-20/h3-4,6-11,22H,2,5,12-18H2,1H3. The van der Waals surface area contributed by atoms with Crippen molar-refractivity contribution in [3.63, 3.8) is 0 Å². The van der Waals surface area contributed by atoms with Gasteiger partial charge in [0.25, 0.3) is 0 Å². The fourth-order valence-electron chi connectivity index (χ4n) is 4.41. The summed E-state index contributed by atoms with van der Waals surface area (Å²) in [6.07, 6.45) is 0.556. The van der Waals surface area contributed by atoms with E-state index in [1.165, 1.54) is 12.1 Å². The SMILES string of the molecule is CCOC1CN(CCCN2CCN(c3ccc(F)cc3)CC2)S(=O)(=O)c2ccccc21. The largest absolute Gasteiger partial charge is 0.372 e. The van der Waals surface area contributed by atoms with E-state index < -0.39 is 10.0 Å². The highest BCUT2D eigenvalue weighted by Crippen LogP contribution is 2.34. The van der Waals surface area contributed by atoms with Crippen LogP contribution in [0.4, 0.5) is 10.1 Å². The molecule has 1 fully saturated rings. The Bertz CT molecular complexity index is 976. The number of fused-ring (bicyclic) bond motifs is 1. The Morgan fingerprint density at radius 1 is 1.00 bits per heavy atom. The summed E-state index contributed by atoms with van der Waals surface area (Å²) >= 11 is 0. The van der Waals surface area contributed by atoms with Gasteiger partial charge in [-0.3, -0.25) is 4.90 Å². The summed E-state index contributed by atoms with van der Waals surface area (Å²) in [6, 6.07) is 13.8. The van der Waals surface area contributed by atoms with Crippen LogP contribution in [0, 0.1) is 5.82 Å². The Hall–Kier alpha value is -2.00. The maximum atomic E-state index is 13.1. The molecule has 0 spiro atoms. The molecule has 2 aliphatic rings. The van der Waals surface area contributed by atoms with Crippen LogP contribution in [0.5, 0.6) is 0 Å². The lowest BCUT2D eigenvalue weighted by atomic mass is 10.1. The van der Waals surface area contributed by atoms with E-state index >= 15 is 0 Å². The molecule has 0 saturated carbocycles. The van der Waals surface area contributed by atoms with Gasteiger partial charge in [-0.1, -0.05) is 18.2 Å². The van der Waals surface area contributed by atoms with Crippen molar-refractivity contribution >= 4 is 15.7 Å².